The second-order valence-corrected chi connectivity index (χ2v) is 8.92. The second kappa shape index (κ2) is 5.23. The predicted octanol–water partition coefficient (Wildman–Crippen LogP) is 2.53. The number of ether oxygens (including phenoxy) is 2. The van der Waals surface area contributed by atoms with Crippen LogP contribution in [0.2, 0.25) is 0 Å². The van der Waals surface area contributed by atoms with Crippen LogP contribution in [-0.4, -0.2) is 41.1 Å². The van der Waals surface area contributed by atoms with Gasteiger partial charge in [0.1, 0.15) is 17.5 Å². The summed E-state index contributed by atoms with van der Waals surface area (Å²) in [5.41, 5.74) is 1.11. The Hall–Kier alpha value is -1.59. The fourth-order valence-corrected chi connectivity index (χ4v) is 6.77. The molecule has 2 saturated carbocycles. The van der Waals surface area contributed by atoms with Gasteiger partial charge in [-0.1, -0.05) is 13.0 Å². The molecule has 1 heterocycles. The van der Waals surface area contributed by atoms with E-state index in [9.17, 15) is 15.0 Å². The normalized spacial score (nSPS) is 46.1. The maximum Gasteiger partial charge on any atom is 0.309 e. The number of aliphatic hydroxyl groups is 1. The molecule has 5 nitrogen and oxygen atoms in total. The Morgan fingerprint density at radius 2 is 2.15 bits per heavy atom. The molecule has 3 fully saturated rings. The van der Waals surface area contributed by atoms with Gasteiger partial charge in [0.05, 0.1) is 12.5 Å². The molecule has 7 atom stereocenters. The zero-order valence-electron chi connectivity index (χ0n) is 15.3. The Bertz CT molecular complexity index is 776. The highest BCUT2D eigenvalue weighted by Gasteiger charge is 2.70. The number of aromatic hydroxyl groups is 1. The minimum Gasteiger partial charge on any atom is -0.508 e. The topological polar surface area (TPSA) is 76.0 Å². The van der Waals surface area contributed by atoms with Gasteiger partial charge in [-0.2, -0.15) is 0 Å². The zero-order chi connectivity index (χ0) is 18.3. The van der Waals surface area contributed by atoms with E-state index >= 15 is 0 Å². The zero-order valence-corrected chi connectivity index (χ0v) is 15.3. The quantitative estimate of drug-likeness (QED) is 0.755. The third-order valence-electron chi connectivity index (χ3n) is 8.08. The monoisotopic (exact) mass is 358 g/mol. The Morgan fingerprint density at radius 3 is 2.92 bits per heavy atom. The molecule has 1 aromatic rings. The Kier molecular flexibility index (Phi) is 3.33. The fourth-order valence-electron chi connectivity index (χ4n) is 6.77. The molecule has 26 heavy (non-hydrogen) atoms. The van der Waals surface area contributed by atoms with E-state index in [1.807, 2.05) is 6.07 Å². The van der Waals surface area contributed by atoms with Crippen LogP contribution < -0.4 is 0 Å². The number of methoxy groups -OCH3 is 1. The predicted molar refractivity (Wildman–Crippen MR) is 93.7 cm³/mol. The summed E-state index contributed by atoms with van der Waals surface area (Å²) in [6.45, 7) is 2.15. The van der Waals surface area contributed by atoms with E-state index in [2.05, 4.69) is 13.0 Å². The van der Waals surface area contributed by atoms with Crippen molar-refractivity contribution in [3.05, 3.63) is 29.3 Å². The first kappa shape index (κ1) is 16.6. The van der Waals surface area contributed by atoms with Crippen LogP contribution in [0, 0.1) is 17.3 Å². The molecule has 0 amide bonds. The van der Waals surface area contributed by atoms with Crippen LogP contribution in [0.25, 0.3) is 0 Å². The number of carbonyl (C=O) groups excluding carboxylic acids is 1. The van der Waals surface area contributed by atoms with Gasteiger partial charge >= 0.3 is 5.97 Å². The van der Waals surface area contributed by atoms with Gasteiger partial charge in [-0.25, -0.2) is 0 Å². The van der Waals surface area contributed by atoms with Crippen molar-refractivity contribution in [3.63, 3.8) is 0 Å². The summed E-state index contributed by atoms with van der Waals surface area (Å²) in [4.78, 5) is 11.8. The molecule has 0 spiro atoms. The molecule has 1 aliphatic heterocycles. The number of phenolic OH excluding ortho intramolecular Hbond substituents is 1. The maximum atomic E-state index is 11.8. The molecule has 2 N–H and O–H groups in total. The molecule has 1 saturated heterocycles. The molecule has 3 aliphatic carbocycles. The summed E-state index contributed by atoms with van der Waals surface area (Å²) in [6, 6.07) is 5.70. The summed E-state index contributed by atoms with van der Waals surface area (Å²) in [7, 11) is 1.76. The van der Waals surface area contributed by atoms with E-state index in [-0.39, 0.29) is 35.9 Å². The van der Waals surface area contributed by atoms with Gasteiger partial charge in [0, 0.05) is 12.5 Å². The largest absolute Gasteiger partial charge is 0.508 e. The lowest BCUT2D eigenvalue weighted by atomic mass is 9.52. The van der Waals surface area contributed by atoms with E-state index in [0.29, 0.717) is 24.0 Å². The van der Waals surface area contributed by atoms with E-state index in [0.717, 1.165) is 19.3 Å². The van der Waals surface area contributed by atoms with E-state index < -0.39 is 5.60 Å². The lowest BCUT2D eigenvalue weighted by Crippen LogP contribution is -2.55. The molecule has 5 rings (SSSR count). The molecule has 5 heteroatoms. The molecular formula is C21H26O5. The summed E-state index contributed by atoms with van der Waals surface area (Å²) in [6.07, 6.45) is 3.10. The van der Waals surface area contributed by atoms with Crippen molar-refractivity contribution < 1.29 is 24.5 Å². The first-order valence-corrected chi connectivity index (χ1v) is 9.64. The highest BCUT2D eigenvalue weighted by Crippen LogP contribution is 2.67. The van der Waals surface area contributed by atoms with Crippen LogP contribution in [0.15, 0.2) is 18.2 Å². The number of hydrogen-bond donors (Lipinski definition) is 2. The average molecular weight is 358 g/mol. The van der Waals surface area contributed by atoms with Crippen molar-refractivity contribution in [3.8, 4) is 5.75 Å². The molecule has 1 aromatic carbocycles. The number of hydrogen-bond acceptors (Lipinski definition) is 5. The van der Waals surface area contributed by atoms with Gasteiger partial charge in [0.2, 0.25) is 0 Å². The van der Waals surface area contributed by atoms with E-state index in [1.54, 1.807) is 13.2 Å². The SMILES string of the molecule is CO[C@@H]1Cc2cc(O)ccc2[C@H]2CC[C@@]3(C)[C@@H](CC4OC(=O)C[C@@]43O)[C@@H]21. The van der Waals surface area contributed by atoms with Crippen molar-refractivity contribution in [1.29, 1.82) is 0 Å². The Balaban J connectivity index is 1.58. The molecule has 0 aromatic heterocycles. The average Bonchev–Trinajstić information content (AvgIpc) is 3.01. The first-order chi connectivity index (χ1) is 12.4. The summed E-state index contributed by atoms with van der Waals surface area (Å²) < 4.78 is 11.4. The van der Waals surface area contributed by atoms with E-state index in [4.69, 9.17) is 9.47 Å². The molecule has 0 bridgehead atoms. The summed E-state index contributed by atoms with van der Waals surface area (Å²) in [5, 5.41) is 21.3. The summed E-state index contributed by atoms with van der Waals surface area (Å²) in [5.74, 6) is 0.947. The molecule has 4 aliphatic rings. The van der Waals surface area contributed by atoms with Crippen molar-refractivity contribution in [1.82, 2.24) is 0 Å². The van der Waals surface area contributed by atoms with Gasteiger partial charge in [-0.15, -0.1) is 0 Å². The van der Waals surface area contributed by atoms with Crippen LogP contribution in [0.4, 0.5) is 0 Å². The van der Waals surface area contributed by atoms with Gasteiger partial charge in [0.15, 0.2) is 0 Å². The fraction of sp³-hybridized carbons (Fsp3) is 0.667. The number of carbonyl (C=O) groups is 1. The van der Waals surface area contributed by atoms with Crippen LogP contribution in [0.1, 0.15) is 49.7 Å². The Labute approximate surface area is 153 Å². The summed E-state index contributed by atoms with van der Waals surface area (Å²) >= 11 is 0. The van der Waals surface area contributed by atoms with Crippen LogP contribution in [-0.2, 0) is 20.7 Å². The Morgan fingerprint density at radius 1 is 1.35 bits per heavy atom. The third-order valence-corrected chi connectivity index (χ3v) is 8.08. The number of esters is 1. The van der Waals surface area contributed by atoms with Crippen molar-refractivity contribution in [2.24, 2.45) is 17.3 Å². The van der Waals surface area contributed by atoms with Crippen molar-refractivity contribution in [2.75, 3.05) is 7.11 Å². The number of fused-ring (bicyclic) bond motifs is 7. The van der Waals surface area contributed by atoms with Crippen molar-refractivity contribution in [2.45, 2.75) is 62.8 Å². The highest BCUT2D eigenvalue weighted by molar-refractivity contribution is 5.74. The number of benzene rings is 1. The highest BCUT2D eigenvalue weighted by atomic mass is 16.6. The van der Waals surface area contributed by atoms with Crippen LogP contribution in [0.3, 0.4) is 0 Å². The van der Waals surface area contributed by atoms with Crippen LogP contribution >= 0.6 is 0 Å². The minimum atomic E-state index is -1.05. The minimum absolute atomic E-state index is 0.0528. The maximum absolute atomic E-state index is 11.8. The van der Waals surface area contributed by atoms with Gasteiger partial charge in [0.25, 0.3) is 0 Å². The molecule has 0 radical (unpaired) electrons. The smallest absolute Gasteiger partial charge is 0.309 e. The molecule has 1 unspecified atom stereocenters. The molecular weight excluding hydrogens is 332 g/mol. The van der Waals surface area contributed by atoms with Gasteiger partial charge < -0.3 is 19.7 Å². The third kappa shape index (κ3) is 1.91. The standard InChI is InChI=1S/C21H26O5/c1-20-6-5-14-13-4-3-12(22)7-11(13)8-16(25-2)19(14)15(20)9-17-21(20,24)10-18(23)26-17/h3-4,7,14-17,19,22,24H,5-6,8-10H2,1-2H3/t14-,15+,16-,17?,19-,20+,21-/m1/s1. The lowest BCUT2D eigenvalue weighted by molar-refractivity contribution is -0.142. The number of phenols is 1. The number of rotatable bonds is 1. The molecule has 140 valence electrons. The van der Waals surface area contributed by atoms with E-state index in [1.165, 1.54) is 11.1 Å². The first-order valence-electron chi connectivity index (χ1n) is 9.64. The lowest BCUT2D eigenvalue weighted by Gasteiger charge is -2.54. The van der Waals surface area contributed by atoms with Gasteiger partial charge in [-0.05, 0) is 66.7 Å². The van der Waals surface area contributed by atoms with Gasteiger partial charge in [-0.3, -0.25) is 4.79 Å². The van der Waals surface area contributed by atoms with Crippen molar-refractivity contribution >= 4 is 5.97 Å². The second-order valence-electron chi connectivity index (χ2n) is 8.92. The van der Waals surface area contributed by atoms with Crippen LogP contribution in [0.5, 0.6) is 5.75 Å².